The van der Waals surface area contributed by atoms with Gasteiger partial charge in [-0.3, -0.25) is 4.79 Å². The van der Waals surface area contributed by atoms with Gasteiger partial charge in [0.05, 0.1) is 12.9 Å². The number of ether oxygens (including phenoxy) is 1. The Morgan fingerprint density at radius 3 is 2.68 bits per heavy atom. The van der Waals surface area contributed by atoms with Crippen LogP contribution in [0, 0.1) is 0 Å². The predicted molar refractivity (Wildman–Crippen MR) is 97.7 cm³/mol. The molecule has 3 rings (SSSR count). The second-order valence-corrected chi connectivity index (χ2v) is 7.45. The fourth-order valence-corrected chi connectivity index (χ4v) is 3.56. The molecule has 1 aliphatic rings. The second kappa shape index (κ2) is 7.91. The van der Waals surface area contributed by atoms with Gasteiger partial charge in [-0.2, -0.15) is 0 Å². The summed E-state index contributed by atoms with van der Waals surface area (Å²) in [5.41, 5.74) is 1.12. The molecule has 0 bridgehead atoms. The quantitative estimate of drug-likeness (QED) is 0.677. The average molecular weight is 360 g/mol. The second-order valence-electron chi connectivity index (χ2n) is 6.50. The highest BCUT2D eigenvalue weighted by atomic mass is 32.2. The lowest BCUT2D eigenvalue weighted by molar-refractivity contribution is -0.129. The van der Waals surface area contributed by atoms with Crippen molar-refractivity contribution in [3.8, 4) is 5.75 Å². The third-order valence-electron chi connectivity index (χ3n) is 4.24. The number of thioether (sulfide) groups is 1. The van der Waals surface area contributed by atoms with Gasteiger partial charge in [-0.05, 0) is 44.4 Å². The molecule has 1 saturated carbocycles. The Bertz CT molecular complexity index is 710. The van der Waals surface area contributed by atoms with E-state index >= 15 is 0 Å². The molecule has 25 heavy (non-hydrogen) atoms. The number of aromatic nitrogens is 3. The van der Waals surface area contributed by atoms with Crippen molar-refractivity contribution in [3.05, 3.63) is 36.2 Å². The van der Waals surface area contributed by atoms with Gasteiger partial charge in [-0.1, -0.05) is 23.9 Å². The van der Waals surface area contributed by atoms with Gasteiger partial charge < -0.3 is 14.2 Å². The molecular formula is C18H24N4O2S. The maximum atomic E-state index is 12.8. The summed E-state index contributed by atoms with van der Waals surface area (Å²) >= 11 is 1.46. The first-order valence-corrected chi connectivity index (χ1v) is 9.51. The Morgan fingerprint density at radius 2 is 2.08 bits per heavy atom. The van der Waals surface area contributed by atoms with Crippen LogP contribution in [0.3, 0.4) is 0 Å². The minimum absolute atomic E-state index is 0.154. The van der Waals surface area contributed by atoms with Crippen LogP contribution in [0.1, 0.15) is 38.3 Å². The largest absolute Gasteiger partial charge is 0.497 e. The van der Waals surface area contributed by atoms with Crippen LogP contribution >= 0.6 is 11.8 Å². The maximum Gasteiger partial charge on any atom is 0.233 e. The Hall–Kier alpha value is -2.02. The van der Waals surface area contributed by atoms with E-state index in [0.29, 0.717) is 18.3 Å². The molecule has 0 atom stereocenters. The molecule has 1 heterocycles. The summed E-state index contributed by atoms with van der Waals surface area (Å²) in [6.07, 6.45) is 3.90. The van der Waals surface area contributed by atoms with Gasteiger partial charge in [0, 0.05) is 18.6 Å². The Kier molecular flexibility index (Phi) is 5.63. The fraction of sp³-hybridized carbons (Fsp3) is 0.500. The van der Waals surface area contributed by atoms with E-state index in [1.54, 1.807) is 13.4 Å². The molecule has 1 amide bonds. The minimum Gasteiger partial charge on any atom is -0.497 e. The molecule has 134 valence electrons. The molecule has 6 nitrogen and oxygen atoms in total. The molecule has 1 fully saturated rings. The van der Waals surface area contributed by atoms with E-state index in [2.05, 4.69) is 24.0 Å². The van der Waals surface area contributed by atoms with Crippen molar-refractivity contribution in [1.82, 2.24) is 19.7 Å². The average Bonchev–Trinajstić information content (AvgIpc) is 3.34. The smallest absolute Gasteiger partial charge is 0.233 e. The van der Waals surface area contributed by atoms with E-state index in [-0.39, 0.29) is 11.9 Å². The number of rotatable bonds is 8. The monoisotopic (exact) mass is 360 g/mol. The van der Waals surface area contributed by atoms with Crippen LogP contribution in [-0.2, 0) is 11.3 Å². The number of benzene rings is 1. The van der Waals surface area contributed by atoms with Crippen LogP contribution in [0.2, 0.25) is 0 Å². The molecule has 0 saturated heterocycles. The van der Waals surface area contributed by atoms with E-state index in [1.165, 1.54) is 11.8 Å². The first-order valence-electron chi connectivity index (χ1n) is 8.53. The topological polar surface area (TPSA) is 60.2 Å². The van der Waals surface area contributed by atoms with Gasteiger partial charge in [0.1, 0.15) is 12.1 Å². The van der Waals surface area contributed by atoms with Crippen LogP contribution in [-0.4, -0.2) is 44.5 Å². The van der Waals surface area contributed by atoms with Crippen LogP contribution < -0.4 is 4.74 Å². The summed E-state index contributed by atoms with van der Waals surface area (Å²) in [5, 5.41) is 8.87. The lowest BCUT2D eigenvalue weighted by Gasteiger charge is -2.22. The molecule has 0 unspecified atom stereocenters. The molecule has 1 aromatic carbocycles. The van der Waals surface area contributed by atoms with E-state index < -0.39 is 0 Å². The Morgan fingerprint density at radius 1 is 1.36 bits per heavy atom. The maximum absolute atomic E-state index is 12.8. The van der Waals surface area contributed by atoms with E-state index in [0.717, 1.165) is 29.3 Å². The SMILES string of the molecule is COc1ccc(CN(C(=O)CSc2nncn2C(C)C)C2CC2)cc1. The van der Waals surface area contributed by atoms with Crippen LogP contribution in [0.4, 0.5) is 0 Å². The van der Waals surface area contributed by atoms with Crippen molar-refractivity contribution in [2.45, 2.75) is 50.5 Å². The summed E-state index contributed by atoms with van der Waals surface area (Å²) in [4.78, 5) is 14.7. The van der Waals surface area contributed by atoms with Crippen molar-refractivity contribution < 1.29 is 9.53 Å². The zero-order valence-electron chi connectivity index (χ0n) is 14.9. The van der Waals surface area contributed by atoms with Crippen molar-refractivity contribution >= 4 is 17.7 Å². The van der Waals surface area contributed by atoms with Crippen molar-refractivity contribution in [3.63, 3.8) is 0 Å². The highest BCUT2D eigenvalue weighted by Crippen LogP contribution is 2.30. The summed E-state index contributed by atoms with van der Waals surface area (Å²) < 4.78 is 7.18. The highest BCUT2D eigenvalue weighted by molar-refractivity contribution is 7.99. The lowest BCUT2D eigenvalue weighted by Crippen LogP contribution is -2.34. The minimum atomic E-state index is 0.154. The summed E-state index contributed by atoms with van der Waals surface area (Å²) in [6, 6.07) is 8.56. The van der Waals surface area contributed by atoms with Gasteiger partial charge in [-0.25, -0.2) is 0 Å². The summed E-state index contributed by atoms with van der Waals surface area (Å²) in [7, 11) is 1.65. The standard InChI is InChI=1S/C18H24N4O2S/c1-13(2)22-12-19-20-18(22)25-11-17(23)21(15-6-7-15)10-14-4-8-16(24-3)9-5-14/h4-5,8-9,12-13,15H,6-7,10-11H2,1-3H3. The fourth-order valence-electron chi connectivity index (χ4n) is 2.63. The zero-order valence-corrected chi connectivity index (χ0v) is 15.7. The van der Waals surface area contributed by atoms with Crippen molar-refractivity contribution in [2.24, 2.45) is 0 Å². The molecule has 7 heteroatoms. The number of methoxy groups -OCH3 is 1. The van der Waals surface area contributed by atoms with E-state index in [1.807, 2.05) is 33.7 Å². The number of hydrogen-bond donors (Lipinski definition) is 0. The predicted octanol–water partition coefficient (Wildman–Crippen LogP) is 3.15. The lowest BCUT2D eigenvalue weighted by atomic mass is 10.2. The number of hydrogen-bond acceptors (Lipinski definition) is 5. The van der Waals surface area contributed by atoms with Gasteiger partial charge >= 0.3 is 0 Å². The number of carbonyl (C=O) groups excluding carboxylic acids is 1. The molecule has 2 aromatic rings. The number of nitrogens with zero attached hydrogens (tertiary/aromatic N) is 4. The first kappa shape index (κ1) is 17.8. The van der Waals surface area contributed by atoms with Crippen molar-refractivity contribution in [2.75, 3.05) is 12.9 Å². The van der Waals surface area contributed by atoms with Crippen LogP contribution in [0.25, 0.3) is 0 Å². The zero-order chi connectivity index (χ0) is 17.8. The molecular weight excluding hydrogens is 336 g/mol. The highest BCUT2D eigenvalue weighted by Gasteiger charge is 2.32. The normalized spacial score (nSPS) is 13.9. The first-order chi connectivity index (χ1) is 12.1. The Balaban J connectivity index is 1.62. The summed E-state index contributed by atoms with van der Waals surface area (Å²) in [5.74, 6) is 1.37. The third kappa shape index (κ3) is 4.54. The molecule has 0 aliphatic heterocycles. The number of carbonyl (C=O) groups is 1. The van der Waals surface area contributed by atoms with Crippen LogP contribution in [0.5, 0.6) is 5.75 Å². The summed E-state index contributed by atoms with van der Waals surface area (Å²) in [6.45, 7) is 4.80. The molecule has 1 aliphatic carbocycles. The van der Waals surface area contributed by atoms with Gasteiger partial charge in [0.15, 0.2) is 5.16 Å². The molecule has 1 aromatic heterocycles. The Labute approximate surface area is 152 Å². The van der Waals surface area contributed by atoms with Crippen molar-refractivity contribution in [1.29, 1.82) is 0 Å². The van der Waals surface area contributed by atoms with E-state index in [9.17, 15) is 4.79 Å². The molecule has 0 spiro atoms. The molecule has 0 N–H and O–H groups in total. The number of amides is 1. The van der Waals surface area contributed by atoms with Gasteiger partial charge in [0.2, 0.25) is 5.91 Å². The molecule has 0 radical (unpaired) electrons. The van der Waals surface area contributed by atoms with Crippen LogP contribution in [0.15, 0.2) is 35.7 Å². The van der Waals surface area contributed by atoms with E-state index in [4.69, 9.17) is 4.74 Å². The third-order valence-corrected chi connectivity index (χ3v) is 5.18. The van der Waals surface area contributed by atoms with Gasteiger partial charge in [-0.15, -0.1) is 10.2 Å². The van der Waals surface area contributed by atoms with Gasteiger partial charge in [0.25, 0.3) is 0 Å².